The molecule has 0 unspecified atom stereocenters. The quantitative estimate of drug-likeness (QED) is 0.752. The van der Waals surface area contributed by atoms with Gasteiger partial charge in [0.1, 0.15) is 0 Å². The Kier molecular flexibility index (Phi) is 4.06. The summed E-state index contributed by atoms with van der Waals surface area (Å²) in [6, 6.07) is 12.3. The Labute approximate surface area is 128 Å². The molecule has 0 bridgehead atoms. The largest absolute Gasteiger partial charge is 0.359 e. The molecule has 0 saturated heterocycles. The third-order valence-corrected chi connectivity index (χ3v) is 4.56. The first-order valence-corrected chi connectivity index (χ1v) is 8.06. The molecule has 4 heteroatoms. The summed E-state index contributed by atoms with van der Waals surface area (Å²) >= 11 is 1.74. The van der Waals surface area contributed by atoms with Crippen molar-refractivity contribution in [3.63, 3.8) is 0 Å². The van der Waals surface area contributed by atoms with E-state index in [1.54, 1.807) is 11.3 Å². The van der Waals surface area contributed by atoms with Crippen molar-refractivity contribution in [1.29, 1.82) is 0 Å². The summed E-state index contributed by atoms with van der Waals surface area (Å²) in [5, 5.41) is 3.18. The normalized spacial score (nSPS) is 10.9. The van der Waals surface area contributed by atoms with E-state index in [-0.39, 0.29) is 5.91 Å². The Bertz CT molecular complexity index is 730. The standard InChI is InChI=1S/C17H18N2OS/c1-2-17(20)19(10-9-13-6-5-11-21-13)16-12-18-15-8-4-3-7-14(15)16/h3-8,11-12,18H,2,9-10H2,1H3. The molecule has 0 radical (unpaired) electrons. The number of carbonyl (C=O) groups excluding carboxylic acids is 1. The van der Waals surface area contributed by atoms with Crippen LogP contribution in [0.4, 0.5) is 5.69 Å². The first kappa shape index (κ1) is 13.9. The summed E-state index contributed by atoms with van der Waals surface area (Å²) < 4.78 is 0. The maximum absolute atomic E-state index is 12.3. The van der Waals surface area contributed by atoms with Gasteiger partial charge in [-0.3, -0.25) is 4.79 Å². The first-order chi connectivity index (χ1) is 10.3. The Hall–Kier alpha value is -2.07. The second-order valence-corrected chi connectivity index (χ2v) is 5.98. The number of hydrogen-bond donors (Lipinski definition) is 1. The number of aromatic nitrogens is 1. The number of fused-ring (bicyclic) bond motifs is 1. The highest BCUT2D eigenvalue weighted by Crippen LogP contribution is 2.27. The monoisotopic (exact) mass is 298 g/mol. The fraction of sp³-hybridized carbons (Fsp3) is 0.235. The lowest BCUT2D eigenvalue weighted by molar-refractivity contribution is -0.118. The number of nitrogens with one attached hydrogen (secondary N) is 1. The molecule has 0 aliphatic carbocycles. The van der Waals surface area contributed by atoms with Crippen molar-refractivity contribution >= 4 is 33.8 Å². The molecule has 1 aromatic carbocycles. The van der Waals surface area contributed by atoms with Crippen LogP contribution in [-0.2, 0) is 11.2 Å². The number of nitrogens with zero attached hydrogens (tertiary/aromatic N) is 1. The highest BCUT2D eigenvalue weighted by molar-refractivity contribution is 7.09. The molecule has 2 aromatic heterocycles. The van der Waals surface area contributed by atoms with Gasteiger partial charge in [0.15, 0.2) is 0 Å². The lowest BCUT2D eigenvalue weighted by Crippen LogP contribution is -2.32. The lowest BCUT2D eigenvalue weighted by Gasteiger charge is -2.21. The molecule has 0 atom stereocenters. The molecular weight excluding hydrogens is 280 g/mol. The van der Waals surface area contributed by atoms with Gasteiger partial charge in [0.05, 0.1) is 5.69 Å². The minimum Gasteiger partial charge on any atom is -0.359 e. The molecule has 3 rings (SSSR count). The van der Waals surface area contributed by atoms with Crippen LogP contribution in [0.2, 0.25) is 0 Å². The van der Waals surface area contributed by atoms with Gasteiger partial charge in [-0.2, -0.15) is 0 Å². The Morgan fingerprint density at radius 1 is 1.24 bits per heavy atom. The van der Waals surface area contributed by atoms with Crippen LogP contribution in [0, 0.1) is 0 Å². The van der Waals surface area contributed by atoms with Gasteiger partial charge in [0, 0.05) is 34.9 Å². The fourth-order valence-electron chi connectivity index (χ4n) is 2.53. The predicted molar refractivity (Wildman–Crippen MR) is 89.0 cm³/mol. The summed E-state index contributed by atoms with van der Waals surface area (Å²) in [6.45, 7) is 2.63. The van der Waals surface area contributed by atoms with Crippen molar-refractivity contribution < 1.29 is 4.79 Å². The molecular formula is C17H18N2OS. The van der Waals surface area contributed by atoms with E-state index in [4.69, 9.17) is 0 Å². The summed E-state index contributed by atoms with van der Waals surface area (Å²) in [7, 11) is 0. The van der Waals surface area contributed by atoms with Crippen molar-refractivity contribution in [3.05, 3.63) is 52.9 Å². The maximum Gasteiger partial charge on any atom is 0.226 e. The van der Waals surface area contributed by atoms with Crippen molar-refractivity contribution in [2.45, 2.75) is 19.8 Å². The summed E-state index contributed by atoms with van der Waals surface area (Å²) in [4.78, 5) is 18.8. The van der Waals surface area contributed by atoms with Gasteiger partial charge in [-0.15, -0.1) is 11.3 Å². The number of para-hydroxylation sites is 1. The van der Waals surface area contributed by atoms with Gasteiger partial charge in [-0.1, -0.05) is 31.2 Å². The molecule has 2 heterocycles. The topological polar surface area (TPSA) is 36.1 Å². The molecule has 3 aromatic rings. The zero-order chi connectivity index (χ0) is 14.7. The average Bonchev–Trinajstić information content (AvgIpc) is 3.17. The molecule has 0 fully saturated rings. The van der Waals surface area contributed by atoms with Crippen molar-refractivity contribution in [3.8, 4) is 0 Å². The third kappa shape index (κ3) is 2.85. The number of rotatable bonds is 5. The Morgan fingerprint density at radius 2 is 2.10 bits per heavy atom. The molecule has 0 spiro atoms. The van der Waals surface area contributed by atoms with E-state index < -0.39 is 0 Å². The van der Waals surface area contributed by atoms with Gasteiger partial charge >= 0.3 is 0 Å². The number of carbonyl (C=O) groups is 1. The van der Waals surface area contributed by atoms with Crippen molar-refractivity contribution in [2.75, 3.05) is 11.4 Å². The molecule has 1 amide bonds. The number of amides is 1. The molecule has 108 valence electrons. The minimum atomic E-state index is 0.163. The van der Waals surface area contributed by atoms with E-state index in [1.807, 2.05) is 36.2 Å². The second kappa shape index (κ2) is 6.14. The number of aromatic amines is 1. The zero-order valence-electron chi connectivity index (χ0n) is 12.0. The van der Waals surface area contributed by atoms with Crippen LogP contribution in [0.3, 0.4) is 0 Å². The van der Waals surface area contributed by atoms with E-state index in [0.29, 0.717) is 6.42 Å². The van der Waals surface area contributed by atoms with Gasteiger partial charge < -0.3 is 9.88 Å². The number of thiophene rings is 1. The van der Waals surface area contributed by atoms with Gasteiger partial charge in [-0.25, -0.2) is 0 Å². The summed E-state index contributed by atoms with van der Waals surface area (Å²) in [5.41, 5.74) is 2.05. The predicted octanol–water partition coefficient (Wildman–Crippen LogP) is 4.22. The van der Waals surface area contributed by atoms with Crippen LogP contribution in [0.1, 0.15) is 18.2 Å². The Morgan fingerprint density at radius 3 is 2.86 bits per heavy atom. The van der Waals surface area contributed by atoms with Crippen LogP contribution in [-0.4, -0.2) is 17.4 Å². The first-order valence-electron chi connectivity index (χ1n) is 7.18. The minimum absolute atomic E-state index is 0.163. The van der Waals surface area contributed by atoms with E-state index in [1.165, 1.54) is 4.88 Å². The highest BCUT2D eigenvalue weighted by atomic mass is 32.1. The molecule has 0 aliphatic rings. The number of hydrogen-bond acceptors (Lipinski definition) is 2. The van der Waals surface area contributed by atoms with E-state index >= 15 is 0 Å². The van der Waals surface area contributed by atoms with E-state index in [2.05, 4.69) is 28.6 Å². The van der Waals surface area contributed by atoms with Crippen molar-refractivity contribution in [1.82, 2.24) is 4.98 Å². The second-order valence-electron chi connectivity index (χ2n) is 4.95. The fourth-order valence-corrected chi connectivity index (χ4v) is 3.22. The van der Waals surface area contributed by atoms with Crippen LogP contribution >= 0.6 is 11.3 Å². The van der Waals surface area contributed by atoms with Gasteiger partial charge in [-0.05, 0) is 23.9 Å². The Balaban J connectivity index is 1.89. The molecule has 0 saturated carbocycles. The molecule has 0 aliphatic heterocycles. The number of H-pyrrole nitrogens is 1. The summed E-state index contributed by atoms with van der Waals surface area (Å²) in [5.74, 6) is 0.163. The van der Waals surface area contributed by atoms with Gasteiger partial charge in [0.25, 0.3) is 0 Å². The van der Waals surface area contributed by atoms with Crippen molar-refractivity contribution in [2.24, 2.45) is 0 Å². The average molecular weight is 298 g/mol. The van der Waals surface area contributed by atoms with Crippen LogP contribution in [0.15, 0.2) is 48.0 Å². The molecule has 1 N–H and O–H groups in total. The highest BCUT2D eigenvalue weighted by Gasteiger charge is 2.17. The van der Waals surface area contributed by atoms with Crippen LogP contribution in [0.5, 0.6) is 0 Å². The number of anilines is 1. The third-order valence-electron chi connectivity index (χ3n) is 3.62. The summed E-state index contributed by atoms with van der Waals surface area (Å²) in [6.07, 6.45) is 3.35. The van der Waals surface area contributed by atoms with Crippen LogP contribution < -0.4 is 4.90 Å². The molecule has 21 heavy (non-hydrogen) atoms. The smallest absolute Gasteiger partial charge is 0.226 e. The SMILES string of the molecule is CCC(=O)N(CCc1cccs1)c1c[nH]c2ccccc12. The van der Waals surface area contributed by atoms with E-state index in [0.717, 1.165) is 29.6 Å². The van der Waals surface area contributed by atoms with Crippen LogP contribution in [0.25, 0.3) is 10.9 Å². The zero-order valence-corrected chi connectivity index (χ0v) is 12.8. The maximum atomic E-state index is 12.3. The lowest BCUT2D eigenvalue weighted by atomic mass is 10.2. The molecule has 3 nitrogen and oxygen atoms in total. The van der Waals surface area contributed by atoms with E-state index in [9.17, 15) is 4.79 Å². The number of benzene rings is 1. The van der Waals surface area contributed by atoms with Gasteiger partial charge in [0.2, 0.25) is 5.91 Å².